The van der Waals surface area contributed by atoms with E-state index < -0.39 is 0 Å². The van der Waals surface area contributed by atoms with Crippen molar-refractivity contribution in [2.75, 3.05) is 5.73 Å². The van der Waals surface area contributed by atoms with Crippen molar-refractivity contribution in [1.29, 1.82) is 5.26 Å². The van der Waals surface area contributed by atoms with Crippen LogP contribution in [0.15, 0.2) is 36.4 Å². The Morgan fingerprint density at radius 2 is 2.00 bits per heavy atom. The van der Waals surface area contributed by atoms with E-state index >= 15 is 0 Å². The van der Waals surface area contributed by atoms with Crippen LogP contribution in [0.25, 0.3) is 11.1 Å². The molecule has 2 aromatic rings. The second-order valence-corrected chi connectivity index (χ2v) is 4.26. The van der Waals surface area contributed by atoms with Crippen molar-refractivity contribution < 1.29 is 0 Å². The van der Waals surface area contributed by atoms with Crippen LogP contribution in [-0.4, -0.2) is 0 Å². The van der Waals surface area contributed by atoms with Crippen LogP contribution in [0, 0.1) is 18.3 Å². The predicted molar refractivity (Wildman–Crippen MR) is 70.8 cm³/mol. The molecule has 0 radical (unpaired) electrons. The van der Waals surface area contributed by atoms with E-state index in [-0.39, 0.29) is 0 Å². The third kappa shape index (κ3) is 2.11. The van der Waals surface area contributed by atoms with Gasteiger partial charge in [0.1, 0.15) is 6.07 Å². The number of nitrogen functional groups attached to an aromatic ring is 1. The molecule has 2 N–H and O–H groups in total. The highest BCUT2D eigenvalue weighted by atomic mass is 35.5. The van der Waals surface area contributed by atoms with Gasteiger partial charge in [0, 0.05) is 10.7 Å². The molecular weight excluding hydrogens is 232 g/mol. The monoisotopic (exact) mass is 242 g/mol. The first-order chi connectivity index (χ1) is 8.13. The lowest BCUT2D eigenvalue weighted by Crippen LogP contribution is -1.95. The zero-order chi connectivity index (χ0) is 12.4. The average molecular weight is 243 g/mol. The van der Waals surface area contributed by atoms with E-state index in [0.29, 0.717) is 16.3 Å². The van der Waals surface area contributed by atoms with Gasteiger partial charge in [-0.05, 0) is 41.8 Å². The standard InChI is InChI=1S/C14H11ClN2/c1-9-12(5-6-14(17)13(9)8-16)10-3-2-4-11(15)7-10/h2-7H,17H2,1H3. The van der Waals surface area contributed by atoms with Crippen molar-refractivity contribution in [2.24, 2.45) is 0 Å². The van der Waals surface area contributed by atoms with Gasteiger partial charge in [0.25, 0.3) is 0 Å². The topological polar surface area (TPSA) is 49.8 Å². The third-order valence-corrected chi connectivity index (χ3v) is 2.98. The molecule has 0 saturated heterocycles. The van der Waals surface area contributed by atoms with Gasteiger partial charge < -0.3 is 5.73 Å². The van der Waals surface area contributed by atoms with E-state index in [1.807, 2.05) is 37.3 Å². The molecule has 17 heavy (non-hydrogen) atoms. The molecule has 0 aliphatic carbocycles. The average Bonchev–Trinajstić information content (AvgIpc) is 2.29. The van der Waals surface area contributed by atoms with Crippen LogP contribution < -0.4 is 5.73 Å². The van der Waals surface area contributed by atoms with Gasteiger partial charge in [0.2, 0.25) is 0 Å². The van der Waals surface area contributed by atoms with Gasteiger partial charge in [-0.25, -0.2) is 0 Å². The summed E-state index contributed by atoms with van der Waals surface area (Å²) in [6, 6.07) is 13.3. The minimum Gasteiger partial charge on any atom is -0.398 e. The zero-order valence-corrected chi connectivity index (χ0v) is 10.1. The first-order valence-corrected chi connectivity index (χ1v) is 5.56. The Morgan fingerprint density at radius 1 is 1.24 bits per heavy atom. The highest BCUT2D eigenvalue weighted by molar-refractivity contribution is 6.30. The quantitative estimate of drug-likeness (QED) is 0.774. The van der Waals surface area contributed by atoms with E-state index in [9.17, 15) is 0 Å². The fraction of sp³-hybridized carbons (Fsp3) is 0.0714. The van der Waals surface area contributed by atoms with E-state index in [4.69, 9.17) is 22.6 Å². The lowest BCUT2D eigenvalue weighted by molar-refractivity contribution is 1.39. The molecule has 2 aromatic carbocycles. The van der Waals surface area contributed by atoms with E-state index in [2.05, 4.69) is 6.07 Å². The maximum Gasteiger partial charge on any atom is 0.102 e. The highest BCUT2D eigenvalue weighted by Crippen LogP contribution is 2.30. The minimum atomic E-state index is 0.510. The van der Waals surface area contributed by atoms with E-state index in [0.717, 1.165) is 16.7 Å². The largest absolute Gasteiger partial charge is 0.398 e. The molecule has 2 rings (SSSR count). The van der Waals surface area contributed by atoms with Crippen LogP contribution in [-0.2, 0) is 0 Å². The van der Waals surface area contributed by atoms with Crippen LogP contribution in [0.1, 0.15) is 11.1 Å². The fourth-order valence-electron chi connectivity index (χ4n) is 1.85. The fourth-order valence-corrected chi connectivity index (χ4v) is 2.04. The molecule has 0 fully saturated rings. The van der Waals surface area contributed by atoms with Crippen LogP contribution in [0.5, 0.6) is 0 Å². The number of nitriles is 1. The van der Waals surface area contributed by atoms with Gasteiger partial charge in [-0.1, -0.05) is 29.8 Å². The van der Waals surface area contributed by atoms with E-state index in [1.165, 1.54) is 0 Å². The number of hydrogen-bond donors (Lipinski definition) is 1. The molecule has 0 heterocycles. The van der Waals surface area contributed by atoms with Gasteiger partial charge in [-0.3, -0.25) is 0 Å². The number of benzene rings is 2. The zero-order valence-electron chi connectivity index (χ0n) is 9.37. The lowest BCUT2D eigenvalue weighted by Gasteiger charge is -2.09. The molecule has 84 valence electrons. The number of nitrogens with two attached hydrogens (primary N) is 1. The van der Waals surface area contributed by atoms with Gasteiger partial charge >= 0.3 is 0 Å². The number of rotatable bonds is 1. The Labute approximate surface area is 105 Å². The van der Waals surface area contributed by atoms with Gasteiger partial charge in [0.05, 0.1) is 5.56 Å². The molecule has 0 aliphatic heterocycles. The maximum atomic E-state index is 9.07. The molecule has 0 atom stereocenters. The minimum absolute atomic E-state index is 0.510. The summed E-state index contributed by atoms with van der Waals surface area (Å²) >= 11 is 5.96. The Kier molecular flexibility index (Phi) is 3.03. The summed E-state index contributed by atoms with van der Waals surface area (Å²) in [5, 5.41) is 9.75. The molecule has 0 aliphatic rings. The first-order valence-electron chi connectivity index (χ1n) is 5.18. The Hall–Kier alpha value is -1.98. The van der Waals surface area contributed by atoms with Gasteiger partial charge in [-0.2, -0.15) is 5.26 Å². The molecular formula is C14H11ClN2. The highest BCUT2D eigenvalue weighted by Gasteiger charge is 2.09. The first kappa shape index (κ1) is 11.5. The molecule has 0 saturated carbocycles. The summed E-state index contributed by atoms with van der Waals surface area (Å²) in [7, 11) is 0. The molecule has 2 nitrogen and oxygen atoms in total. The molecule has 0 aromatic heterocycles. The number of hydrogen-bond acceptors (Lipinski definition) is 2. The third-order valence-electron chi connectivity index (χ3n) is 2.74. The summed E-state index contributed by atoms with van der Waals surface area (Å²) < 4.78 is 0. The predicted octanol–water partition coefficient (Wildman–Crippen LogP) is 3.77. The molecule has 0 bridgehead atoms. The molecule has 3 heteroatoms. The Morgan fingerprint density at radius 3 is 2.65 bits per heavy atom. The second kappa shape index (κ2) is 4.48. The van der Waals surface area contributed by atoms with Crippen molar-refractivity contribution in [2.45, 2.75) is 6.92 Å². The SMILES string of the molecule is Cc1c(-c2cccc(Cl)c2)ccc(N)c1C#N. The van der Waals surface area contributed by atoms with E-state index in [1.54, 1.807) is 6.07 Å². The Balaban J connectivity index is 2.66. The summed E-state index contributed by atoms with van der Waals surface area (Å²) in [6.45, 7) is 1.89. The number of halogens is 1. The van der Waals surface area contributed by atoms with Crippen LogP contribution in [0.2, 0.25) is 5.02 Å². The van der Waals surface area contributed by atoms with Crippen LogP contribution >= 0.6 is 11.6 Å². The molecule has 0 amide bonds. The van der Waals surface area contributed by atoms with Crippen molar-refractivity contribution >= 4 is 17.3 Å². The molecule has 0 spiro atoms. The number of nitrogens with zero attached hydrogens (tertiary/aromatic N) is 1. The van der Waals surface area contributed by atoms with Crippen LogP contribution in [0.3, 0.4) is 0 Å². The summed E-state index contributed by atoms with van der Waals surface area (Å²) in [4.78, 5) is 0. The van der Waals surface area contributed by atoms with Gasteiger partial charge in [0.15, 0.2) is 0 Å². The van der Waals surface area contributed by atoms with Crippen molar-refractivity contribution in [3.8, 4) is 17.2 Å². The second-order valence-electron chi connectivity index (χ2n) is 3.82. The number of anilines is 1. The van der Waals surface area contributed by atoms with Crippen molar-refractivity contribution in [3.63, 3.8) is 0 Å². The lowest BCUT2D eigenvalue weighted by atomic mass is 9.96. The summed E-state index contributed by atoms with van der Waals surface area (Å²) in [5.74, 6) is 0. The summed E-state index contributed by atoms with van der Waals surface area (Å²) in [6.07, 6.45) is 0. The van der Waals surface area contributed by atoms with Crippen molar-refractivity contribution in [1.82, 2.24) is 0 Å². The summed E-state index contributed by atoms with van der Waals surface area (Å²) in [5.41, 5.74) is 9.66. The van der Waals surface area contributed by atoms with Gasteiger partial charge in [-0.15, -0.1) is 0 Å². The van der Waals surface area contributed by atoms with Crippen LogP contribution in [0.4, 0.5) is 5.69 Å². The maximum absolute atomic E-state index is 9.07. The Bertz CT molecular complexity index is 612. The smallest absolute Gasteiger partial charge is 0.102 e. The normalized spacial score (nSPS) is 9.94. The molecule has 0 unspecified atom stereocenters. The van der Waals surface area contributed by atoms with Crippen molar-refractivity contribution in [3.05, 3.63) is 52.5 Å².